The van der Waals surface area contributed by atoms with E-state index in [1.807, 2.05) is 0 Å². The van der Waals surface area contributed by atoms with Gasteiger partial charge in [0.25, 0.3) is 0 Å². The van der Waals surface area contributed by atoms with Crippen LogP contribution in [0.2, 0.25) is 0 Å². The van der Waals surface area contributed by atoms with Gasteiger partial charge in [-0.25, -0.2) is 9.18 Å². The molecule has 2 aromatic carbocycles. The van der Waals surface area contributed by atoms with E-state index in [1.54, 1.807) is 24.3 Å². The van der Waals surface area contributed by atoms with Gasteiger partial charge >= 0.3 is 6.03 Å². The number of amides is 3. The monoisotopic (exact) mass is 355 g/mol. The molecule has 1 N–H and O–H groups in total. The number of hydrogen-bond donors (Lipinski definition) is 1. The first-order valence-corrected chi connectivity index (χ1v) is 8.17. The smallest absolute Gasteiger partial charge is 0.325 e. The highest BCUT2D eigenvalue weighted by atomic mass is 19.1. The SMILES string of the molecule is CC(=O)c1cccc(NC(=O)CN2CCN(c3ccc(F)cc3)C2=O)c1. The summed E-state index contributed by atoms with van der Waals surface area (Å²) in [4.78, 5) is 39.0. The zero-order valence-corrected chi connectivity index (χ0v) is 14.2. The van der Waals surface area contributed by atoms with E-state index in [1.165, 1.54) is 41.0 Å². The molecule has 0 atom stereocenters. The van der Waals surface area contributed by atoms with Gasteiger partial charge in [0.1, 0.15) is 12.4 Å². The second-order valence-corrected chi connectivity index (χ2v) is 6.02. The van der Waals surface area contributed by atoms with Gasteiger partial charge in [-0.2, -0.15) is 0 Å². The molecule has 134 valence electrons. The maximum absolute atomic E-state index is 13.0. The number of benzene rings is 2. The van der Waals surface area contributed by atoms with E-state index in [9.17, 15) is 18.8 Å². The summed E-state index contributed by atoms with van der Waals surface area (Å²) in [5.41, 5.74) is 1.60. The fraction of sp³-hybridized carbons (Fsp3) is 0.211. The molecule has 0 saturated carbocycles. The Balaban J connectivity index is 1.61. The number of urea groups is 1. The summed E-state index contributed by atoms with van der Waals surface area (Å²) in [5, 5.41) is 2.69. The van der Waals surface area contributed by atoms with Gasteiger partial charge in [0.15, 0.2) is 5.78 Å². The molecule has 3 rings (SSSR count). The normalized spacial score (nSPS) is 13.8. The molecule has 2 aromatic rings. The first kappa shape index (κ1) is 17.6. The second-order valence-electron chi connectivity index (χ2n) is 6.02. The molecule has 1 aliphatic heterocycles. The minimum atomic E-state index is -0.371. The van der Waals surface area contributed by atoms with Crippen LogP contribution < -0.4 is 10.2 Å². The third-order valence-corrected chi connectivity index (χ3v) is 4.12. The fourth-order valence-electron chi connectivity index (χ4n) is 2.78. The Morgan fingerprint density at radius 3 is 2.54 bits per heavy atom. The average molecular weight is 355 g/mol. The van der Waals surface area contributed by atoms with Crippen LogP contribution in [0.4, 0.5) is 20.6 Å². The first-order valence-electron chi connectivity index (χ1n) is 8.17. The molecule has 0 aliphatic carbocycles. The highest BCUT2D eigenvalue weighted by Crippen LogP contribution is 2.20. The van der Waals surface area contributed by atoms with E-state index in [0.717, 1.165) is 0 Å². The Morgan fingerprint density at radius 1 is 1.12 bits per heavy atom. The summed E-state index contributed by atoms with van der Waals surface area (Å²) in [7, 11) is 0. The van der Waals surface area contributed by atoms with Crippen LogP contribution in [0.1, 0.15) is 17.3 Å². The maximum atomic E-state index is 13.0. The van der Waals surface area contributed by atoms with Crippen molar-refractivity contribution in [3.8, 4) is 0 Å². The number of hydrogen-bond acceptors (Lipinski definition) is 3. The Bertz CT molecular complexity index is 851. The van der Waals surface area contributed by atoms with E-state index >= 15 is 0 Å². The number of halogens is 1. The summed E-state index contributed by atoms with van der Waals surface area (Å²) in [5.74, 6) is -0.810. The van der Waals surface area contributed by atoms with Gasteiger partial charge in [-0.05, 0) is 43.3 Å². The maximum Gasteiger partial charge on any atom is 0.325 e. The molecule has 0 bridgehead atoms. The molecule has 1 heterocycles. The van der Waals surface area contributed by atoms with Crippen molar-refractivity contribution in [1.82, 2.24) is 4.90 Å². The molecule has 0 radical (unpaired) electrons. The van der Waals surface area contributed by atoms with Crippen LogP contribution in [0.15, 0.2) is 48.5 Å². The molecular weight excluding hydrogens is 337 g/mol. The summed E-state index contributed by atoms with van der Waals surface area (Å²) in [6.45, 7) is 2.18. The standard InChI is InChI=1S/C19H18FN3O3/c1-13(24)14-3-2-4-16(11-14)21-18(25)12-22-9-10-23(19(22)26)17-7-5-15(20)6-8-17/h2-8,11H,9-10,12H2,1H3,(H,21,25). The van der Waals surface area contributed by atoms with Crippen molar-refractivity contribution in [2.45, 2.75) is 6.92 Å². The third kappa shape index (κ3) is 3.88. The fourth-order valence-corrected chi connectivity index (χ4v) is 2.78. The quantitative estimate of drug-likeness (QED) is 0.839. The summed E-state index contributed by atoms with van der Waals surface area (Å²) in [6.07, 6.45) is 0. The highest BCUT2D eigenvalue weighted by Gasteiger charge is 2.30. The van der Waals surface area contributed by atoms with E-state index in [2.05, 4.69) is 5.32 Å². The van der Waals surface area contributed by atoms with Crippen LogP contribution >= 0.6 is 0 Å². The first-order chi connectivity index (χ1) is 12.4. The van der Waals surface area contributed by atoms with Gasteiger partial charge in [0.05, 0.1) is 0 Å². The summed E-state index contributed by atoms with van der Waals surface area (Å²) in [6, 6.07) is 12.0. The second kappa shape index (κ2) is 7.35. The molecule has 1 fully saturated rings. The van der Waals surface area contributed by atoms with Crippen LogP contribution in [0.5, 0.6) is 0 Å². The molecular formula is C19H18FN3O3. The van der Waals surface area contributed by atoms with Crippen molar-refractivity contribution in [2.75, 3.05) is 29.9 Å². The van der Waals surface area contributed by atoms with Crippen molar-refractivity contribution >= 4 is 29.1 Å². The van der Waals surface area contributed by atoms with Crippen molar-refractivity contribution in [3.05, 3.63) is 59.9 Å². The van der Waals surface area contributed by atoms with E-state index in [4.69, 9.17) is 0 Å². The van der Waals surface area contributed by atoms with Gasteiger partial charge in [-0.3, -0.25) is 14.5 Å². The molecule has 0 aromatic heterocycles. The molecule has 7 heteroatoms. The Morgan fingerprint density at radius 2 is 1.85 bits per heavy atom. The summed E-state index contributed by atoms with van der Waals surface area (Å²) >= 11 is 0. The number of nitrogens with zero attached hydrogens (tertiary/aromatic N) is 2. The Labute approximate surface area is 150 Å². The number of rotatable bonds is 5. The van der Waals surface area contributed by atoms with Crippen LogP contribution in [0, 0.1) is 5.82 Å². The topological polar surface area (TPSA) is 69.7 Å². The average Bonchev–Trinajstić information content (AvgIpc) is 2.96. The van der Waals surface area contributed by atoms with Crippen LogP contribution in [0.25, 0.3) is 0 Å². The molecule has 6 nitrogen and oxygen atoms in total. The molecule has 0 unspecified atom stereocenters. The molecule has 3 amide bonds. The lowest BCUT2D eigenvalue weighted by molar-refractivity contribution is -0.116. The van der Waals surface area contributed by atoms with E-state index < -0.39 is 0 Å². The van der Waals surface area contributed by atoms with Crippen molar-refractivity contribution in [1.29, 1.82) is 0 Å². The largest absolute Gasteiger partial charge is 0.325 e. The van der Waals surface area contributed by atoms with Gasteiger partial charge in [0.2, 0.25) is 5.91 Å². The molecule has 1 saturated heterocycles. The van der Waals surface area contributed by atoms with Gasteiger partial charge in [-0.1, -0.05) is 12.1 Å². The lowest BCUT2D eigenvalue weighted by Crippen LogP contribution is -2.37. The Hall–Kier alpha value is -3.22. The van der Waals surface area contributed by atoms with Gasteiger partial charge in [0, 0.05) is 30.0 Å². The highest BCUT2D eigenvalue weighted by molar-refractivity contribution is 6.00. The number of carbonyl (C=O) groups is 3. The van der Waals surface area contributed by atoms with Crippen molar-refractivity contribution < 1.29 is 18.8 Å². The predicted molar refractivity (Wildman–Crippen MR) is 95.8 cm³/mol. The summed E-state index contributed by atoms with van der Waals surface area (Å²) < 4.78 is 13.0. The van der Waals surface area contributed by atoms with Gasteiger partial charge in [-0.15, -0.1) is 0 Å². The number of Topliss-reactive ketones (excluding diaryl/α,β-unsaturated/α-hetero) is 1. The number of carbonyl (C=O) groups excluding carboxylic acids is 3. The molecule has 0 spiro atoms. The minimum absolute atomic E-state index is 0.0919. The zero-order valence-electron chi connectivity index (χ0n) is 14.2. The van der Waals surface area contributed by atoms with Crippen LogP contribution in [-0.2, 0) is 4.79 Å². The van der Waals surface area contributed by atoms with Crippen molar-refractivity contribution in [3.63, 3.8) is 0 Å². The zero-order chi connectivity index (χ0) is 18.7. The minimum Gasteiger partial charge on any atom is -0.325 e. The lowest BCUT2D eigenvalue weighted by atomic mass is 10.1. The lowest BCUT2D eigenvalue weighted by Gasteiger charge is -2.18. The number of anilines is 2. The predicted octanol–water partition coefficient (Wildman–Crippen LogP) is 2.91. The Kier molecular flexibility index (Phi) is 4.97. The number of nitrogens with one attached hydrogen (secondary N) is 1. The molecule has 1 aliphatic rings. The van der Waals surface area contributed by atoms with Gasteiger partial charge < -0.3 is 10.2 Å². The van der Waals surface area contributed by atoms with E-state index in [0.29, 0.717) is 30.0 Å². The molecule has 26 heavy (non-hydrogen) atoms. The van der Waals surface area contributed by atoms with Crippen molar-refractivity contribution in [2.24, 2.45) is 0 Å². The van der Waals surface area contributed by atoms with Crippen LogP contribution in [-0.4, -0.2) is 42.3 Å². The third-order valence-electron chi connectivity index (χ3n) is 4.12. The van der Waals surface area contributed by atoms with E-state index in [-0.39, 0.29) is 30.1 Å². The number of ketones is 1. The van der Waals surface area contributed by atoms with Crippen LogP contribution in [0.3, 0.4) is 0 Å².